The molecule has 1 rings (SSSR count). The summed E-state index contributed by atoms with van der Waals surface area (Å²) < 4.78 is 0. The molecule has 0 heterocycles. The van der Waals surface area contributed by atoms with Crippen molar-refractivity contribution in [2.45, 2.75) is 78.4 Å². The summed E-state index contributed by atoms with van der Waals surface area (Å²) in [7, 11) is 0. The number of aliphatic hydroxyl groups excluding tert-OH is 1. The van der Waals surface area contributed by atoms with E-state index in [0.717, 1.165) is 25.7 Å². The van der Waals surface area contributed by atoms with Crippen LogP contribution in [0.2, 0.25) is 0 Å². The van der Waals surface area contributed by atoms with Crippen molar-refractivity contribution in [3.8, 4) is 0 Å². The van der Waals surface area contributed by atoms with Gasteiger partial charge in [0.25, 0.3) is 0 Å². The van der Waals surface area contributed by atoms with E-state index in [1.807, 2.05) is 13.8 Å². The first-order valence-corrected chi connectivity index (χ1v) is 8.21. The molecule has 1 saturated carbocycles. The Hall–Kier alpha value is -0.610. The van der Waals surface area contributed by atoms with Crippen molar-refractivity contribution in [2.75, 3.05) is 6.54 Å². The van der Waals surface area contributed by atoms with Crippen molar-refractivity contribution in [3.05, 3.63) is 0 Å². The number of aliphatic hydroxyl groups is 2. The van der Waals surface area contributed by atoms with Crippen LogP contribution in [0.4, 0.5) is 0 Å². The van der Waals surface area contributed by atoms with E-state index in [0.29, 0.717) is 12.5 Å². The second-order valence-electron chi connectivity index (χ2n) is 8.16. The van der Waals surface area contributed by atoms with E-state index in [2.05, 4.69) is 26.1 Å². The fraction of sp³-hybridized carbons (Fsp3) is 0.941. The summed E-state index contributed by atoms with van der Waals surface area (Å²) in [6.45, 7) is 10.8. The van der Waals surface area contributed by atoms with Crippen molar-refractivity contribution in [2.24, 2.45) is 17.3 Å². The number of hydrogen-bond acceptors (Lipinski definition) is 3. The van der Waals surface area contributed by atoms with Gasteiger partial charge >= 0.3 is 0 Å². The standard InChI is InChI=1S/C17H33NO3/c1-12(2)14(19)10-15(20)18-11-17(21)8-6-13(7-9-17)16(3,4)5/h12-14,19,21H,6-11H2,1-5H3,(H,18,20). The van der Waals surface area contributed by atoms with Crippen molar-refractivity contribution in [1.82, 2.24) is 5.32 Å². The Morgan fingerprint density at radius 3 is 2.24 bits per heavy atom. The zero-order valence-corrected chi connectivity index (χ0v) is 14.3. The van der Waals surface area contributed by atoms with Crippen LogP contribution in [0, 0.1) is 17.3 Å². The summed E-state index contributed by atoms with van der Waals surface area (Å²) in [6.07, 6.45) is 2.98. The maximum atomic E-state index is 11.8. The monoisotopic (exact) mass is 299 g/mol. The maximum Gasteiger partial charge on any atom is 0.222 e. The molecule has 0 aromatic carbocycles. The lowest BCUT2D eigenvalue weighted by Crippen LogP contribution is -2.47. The lowest BCUT2D eigenvalue weighted by atomic mass is 9.68. The van der Waals surface area contributed by atoms with E-state index in [1.54, 1.807) is 0 Å². The van der Waals surface area contributed by atoms with E-state index in [-0.39, 0.29) is 23.7 Å². The fourth-order valence-corrected chi connectivity index (χ4v) is 2.96. The lowest BCUT2D eigenvalue weighted by Gasteiger charge is -2.41. The van der Waals surface area contributed by atoms with Gasteiger partial charge in [-0.1, -0.05) is 34.6 Å². The van der Waals surface area contributed by atoms with Crippen molar-refractivity contribution in [1.29, 1.82) is 0 Å². The van der Waals surface area contributed by atoms with Crippen LogP contribution in [0.15, 0.2) is 0 Å². The van der Waals surface area contributed by atoms with E-state index < -0.39 is 11.7 Å². The molecule has 1 atom stereocenters. The minimum atomic E-state index is -0.778. The number of amides is 1. The molecule has 0 bridgehead atoms. The molecule has 3 N–H and O–H groups in total. The average Bonchev–Trinajstić information content (AvgIpc) is 2.36. The van der Waals surface area contributed by atoms with Gasteiger partial charge in [-0.05, 0) is 42.9 Å². The van der Waals surface area contributed by atoms with Gasteiger partial charge in [0.2, 0.25) is 5.91 Å². The van der Waals surface area contributed by atoms with Gasteiger partial charge in [0.15, 0.2) is 0 Å². The summed E-state index contributed by atoms with van der Waals surface area (Å²) in [5, 5.41) is 23.1. The summed E-state index contributed by atoms with van der Waals surface area (Å²) in [5.74, 6) is 0.528. The number of carbonyl (C=O) groups is 1. The van der Waals surface area contributed by atoms with Gasteiger partial charge in [-0.2, -0.15) is 0 Å². The minimum Gasteiger partial charge on any atom is -0.392 e. The molecular weight excluding hydrogens is 266 g/mol. The molecule has 1 aliphatic rings. The predicted octanol–water partition coefficient (Wildman–Crippen LogP) is 2.48. The van der Waals surface area contributed by atoms with Gasteiger partial charge in [-0.3, -0.25) is 4.79 Å². The fourth-order valence-electron chi connectivity index (χ4n) is 2.96. The summed E-state index contributed by atoms with van der Waals surface area (Å²) >= 11 is 0. The zero-order valence-electron chi connectivity index (χ0n) is 14.3. The topological polar surface area (TPSA) is 69.6 Å². The molecular formula is C17H33NO3. The van der Waals surface area contributed by atoms with Gasteiger partial charge in [0.1, 0.15) is 0 Å². The number of hydrogen-bond donors (Lipinski definition) is 3. The molecule has 0 spiro atoms. The van der Waals surface area contributed by atoms with Gasteiger partial charge in [0, 0.05) is 6.54 Å². The Bertz CT molecular complexity index is 338. The van der Waals surface area contributed by atoms with E-state index in [1.165, 1.54) is 0 Å². The van der Waals surface area contributed by atoms with Gasteiger partial charge < -0.3 is 15.5 Å². The third-order valence-corrected chi connectivity index (χ3v) is 4.92. The molecule has 0 saturated heterocycles. The first kappa shape index (κ1) is 18.4. The molecule has 4 nitrogen and oxygen atoms in total. The van der Waals surface area contributed by atoms with Gasteiger partial charge in [-0.15, -0.1) is 0 Å². The summed E-state index contributed by atoms with van der Waals surface area (Å²) in [6, 6.07) is 0. The first-order chi connectivity index (χ1) is 9.53. The quantitative estimate of drug-likeness (QED) is 0.730. The van der Waals surface area contributed by atoms with E-state index in [9.17, 15) is 15.0 Å². The molecule has 21 heavy (non-hydrogen) atoms. The van der Waals surface area contributed by atoms with Crippen LogP contribution in [-0.2, 0) is 4.79 Å². The number of rotatable bonds is 5. The van der Waals surface area contributed by atoms with Crippen molar-refractivity contribution in [3.63, 3.8) is 0 Å². The highest BCUT2D eigenvalue weighted by Gasteiger charge is 2.37. The number of carbonyl (C=O) groups excluding carboxylic acids is 1. The summed E-state index contributed by atoms with van der Waals surface area (Å²) in [5.41, 5.74) is -0.494. The largest absolute Gasteiger partial charge is 0.392 e. The summed E-state index contributed by atoms with van der Waals surface area (Å²) in [4.78, 5) is 11.8. The van der Waals surface area contributed by atoms with Crippen LogP contribution in [0.1, 0.15) is 66.7 Å². The Morgan fingerprint density at radius 2 is 1.81 bits per heavy atom. The van der Waals surface area contributed by atoms with E-state index in [4.69, 9.17) is 0 Å². The van der Waals surface area contributed by atoms with Crippen LogP contribution in [0.3, 0.4) is 0 Å². The van der Waals surface area contributed by atoms with Crippen LogP contribution >= 0.6 is 0 Å². The van der Waals surface area contributed by atoms with Crippen LogP contribution in [0.25, 0.3) is 0 Å². The maximum absolute atomic E-state index is 11.8. The first-order valence-electron chi connectivity index (χ1n) is 8.21. The van der Waals surface area contributed by atoms with Gasteiger partial charge in [-0.25, -0.2) is 0 Å². The molecule has 1 unspecified atom stereocenters. The minimum absolute atomic E-state index is 0.0704. The van der Waals surface area contributed by atoms with Gasteiger partial charge in [0.05, 0.1) is 18.1 Å². The Balaban J connectivity index is 2.37. The lowest BCUT2D eigenvalue weighted by molar-refractivity contribution is -0.125. The average molecular weight is 299 g/mol. The van der Waals surface area contributed by atoms with Crippen LogP contribution in [-0.4, -0.2) is 34.4 Å². The number of nitrogens with one attached hydrogen (secondary N) is 1. The molecule has 1 fully saturated rings. The van der Waals surface area contributed by atoms with Crippen LogP contribution < -0.4 is 5.32 Å². The highest BCUT2D eigenvalue weighted by atomic mass is 16.3. The van der Waals surface area contributed by atoms with Crippen molar-refractivity contribution >= 4 is 5.91 Å². The van der Waals surface area contributed by atoms with Crippen LogP contribution in [0.5, 0.6) is 0 Å². The Labute approximate surface area is 129 Å². The van der Waals surface area contributed by atoms with Crippen molar-refractivity contribution < 1.29 is 15.0 Å². The molecule has 4 heteroatoms. The normalized spacial score (nSPS) is 28.5. The molecule has 124 valence electrons. The second-order valence-corrected chi connectivity index (χ2v) is 8.16. The second kappa shape index (κ2) is 7.10. The molecule has 1 amide bonds. The molecule has 0 aromatic rings. The Morgan fingerprint density at radius 1 is 1.29 bits per heavy atom. The molecule has 1 aliphatic carbocycles. The third-order valence-electron chi connectivity index (χ3n) is 4.92. The van der Waals surface area contributed by atoms with E-state index >= 15 is 0 Å². The highest BCUT2D eigenvalue weighted by molar-refractivity contribution is 5.76. The SMILES string of the molecule is CC(C)C(O)CC(=O)NCC1(O)CCC(C(C)(C)C)CC1. The molecule has 0 radical (unpaired) electrons. The molecule has 0 aromatic heterocycles. The third kappa shape index (κ3) is 5.95. The highest BCUT2D eigenvalue weighted by Crippen LogP contribution is 2.41. The zero-order chi connectivity index (χ0) is 16.3. The molecule has 0 aliphatic heterocycles. The Kier molecular flexibility index (Phi) is 6.23. The predicted molar refractivity (Wildman–Crippen MR) is 84.8 cm³/mol. The smallest absolute Gasteiger partial charge is 0.222 e.